The first kappa shape index (κ1) is 23.1. The number of hydrogen-bond donors (Lipinski definition) is 1. The second kappa shape index (κ2) is 9.28. The van der Waals surface area contributed by atoms with Crippen molar-refractivity contribution in [1.29, 1.82) is 0 Å². The number of ether oxygens (including phenoxy) is 1. The lowest BCUT2D eigenvalue weighted by atomic mass is 9.99. The molecule has 0 unspecified atom stereocenters. The van der Waals surface area contributed by atoms with Crippen LogP contribution in [0, 0.1) is 13.8 Å². The van der Waals surface area contributed by atoms with E-state index in [-0.39, 0.29) is 18.2 Å². The molecule has 0 bridgehead atoms. The summed E-state index contributed by atoms with van der Waals surface area (Å²) < 4.78 is 48.5. The third-order valence-electron chi connectivity index (χ3n) is 5.04. The van der Waals surface area contributed by atoms with Gasteiger partial charge in [-0.1, -0.05) is 29.8 Å². The number of aliphatic carboxylic acids is 1. The van der Waals surface area contributed by atoms with Crippen molar-refractivity contribution < 1.29 is 27.8 Å². The van der Waals surface area contributed by atoms with E-state index in [0.717, 1.165) is 40.4 Å². The van der Waals surface area contributed by atoms with Crippen molar-refractivity contribution in [2.75, 3.05) is 0 Å². The van der Waals surface area contributed by atoms with Crippen molar-refractivity contribution in [2.45, 2.75) is 39.5 Å². The molecule has 0 saturated heterocycles. The molecule has 0 aliphatic rings. The van der Waals surface area contributed by atoms with Crippen LogP contribution in [0.5, 0.6) is 5.75 Å². The number of aryl methyl sites for hydroxylation is 1. The van der Waals surface area contributed by atoms with Crippen LogP contribution in [0.15, 0.2) is 36.4 Å². The highest BCUT2D eigenvalue weighted by Gasteiger charge is 2.30. The lowest BCUT2D eigenvalue weighted by Gasteiger charge is -2.15. The van der Waals surface area contributed by atoms with Gasteiger partial charge in [0, 0.05) is 12.0 Å². The molecule has 0 atom stereocenters. The molecule has 31 heavy (non-hydrogen) atoms. The number of benzene rings is 2. The fourth-order valence-electron chi connectivity index (χ4n) is 3.12. The molecule has 0 radical (unpaired) electrons. The minimum absolute atomic E-state index is 0.0488. The van der Waals surface area contributed by atoms with Crippen molar-refractivity contribution >= 4 is 29.1 Å². The lowest BCUT2D eigenvalue weighted by molar-refractivity contribution is -0.138. The van der Waals surface area contributed by atoms with E-state index in [9.17, 15) is 18.0 Å². The zero-order valence-corrected chi connectivity index (χ0v) is 18.3. The Morgan fingerprint density at radius 2 is 1.81 bits per heavy atom. The predicted octanol–water partition coefficient (Wildman–Crippen LogP) is 6.70. The van der Waals surface area contributed by atoms with E-state index in [0.29, 0.717) is 28.2 Å². The van der Waals surface area contributed by atoms with E-state index in [2.05, 4.69) is 4.37 Å². The molecule has 2 aromatic carbocycles. The van der Waals surface area contributed by atoms with E-state index in [4.69, 9.17) is 21.4 Å². The van der Waals surface area contributed by atoms with Crippen LogP contribution in [0.3, 0.4) is 0 Å². The second-order valence-corrected chi connectivity index (χ2v) is 8.14. The Morgan fingerprint density at radius 3 is 2.42 bits per heavy atom. The van der Waals surface area contributed by atoms with Crippen LogP contribution < -0.4 is 4.74 Å². The van der Waals surface area contributed by atoms with Gasteiger partial charge in [0.25, 0.3) is 0 Å². The van der Waals surface area contributed by atoms with E-state index in [1.54, 1.807) is 6.07 Å². The number of hydrogen-bond acceptors (Lipinski definition) is 4. The Balaban J connectivity index is 1.80. The van der Waals surface area contributed by atoms with E-state index in [1.807, 2.05) is 19.9 Å². The molecule has 3 rings (SSSR count). The van der Waals surface area contributed by atoms with E-state index >= 15 is 0 Å². The van der Waals surface area contributed by atoms with Crippen molar-refractivity contribution in [3.63, 3.8) is 0 Å². The fraction of sp³-hybridized carbons (Fsp3) is 0.273. The molecule has 3 aromatic rings. The maximum atomic E-state index is 12.8. The Labute approximate surface area is 186 Å². The number of aromatic nitrogens is 1. The summed E-state index contributed by atoms with van der Waals surface area (Å²) in [5, 5.41) is 9.13. The average molecular weight is 470 g/mol. The van der Waals surface area contributed by atoms with Crippen molar-refractivity contribution in [3.8, 4) is 16.2 Å². The number of nitrogens with zero attached hydrogens (tertiary/aromatic N) is 1. The molecule has 9 heteroatoms. The molecule has 1 heterocycles. The van der Waals surface area contributed by atoms with Crippen LogP contribution in [-0.4, -0.2) is 15.4 Å². The van der Waals surface area contributed by atoms with Gasteiger partial charge in [-0.25, -0.2) is 0 Å². The Kier molecular flexibility index (Phi) is 6.91. The third-order valence-corrected chi connectivity index (χ3v) is 6.40. The topological polar surface area (TPSA) is 59.4 Å². The molecule has 4 nitrogen and oxygen atoms in total. The maximum absolute atomic E-state index is 12.8. The Morgan fingerprint density at radius 1 is 1.13 bits per heavy atom. The first-order valence-electron chi connectivity index (χ1n) is 9.33. The standard InChI is InChI=1S/C22H19ClF3NO3S/c1-12-13(2)18(9-5-14(12)6-10-19(28)29)30-11-17-20(31-27-21(17)23)15-3-7-16(8-4-15)22(24,25)26/h3-5,7-9H,6,10-11H2,1-2H3,(H,28,29). The fourth-order valence-corrected chi connectivity index (χ4v) is 4.22. The maximum Gasteiger partial charge on any atom is 0.416 e. The number of carboxylic acid groups (broad SMARTS) is 1. The molecule has 0 spiro atoms. The van der Waals surface area contributed by atoms with Gasteiger partial charge in [-0.05, 0) is 72.3 Å². The van der Waals surface area contributed by atoms with E-state index < -0.39 is 17.7 Å². The zero-order valence-electron chi connectivity index (χ0n) is 16.7. The van der Waals surface area contributed by atoms with Gasteiger partial charge in [0.15, 0.2) is 0 Å². The minimum atomic E-state index is -4.40. The molecule has 164 valence electrons. The van der Waals surface area contributed by atoms with Gasteiger partial charge in [0.1, 0.15) is 17.5 Å². The minimum Gasteiger partial charge on any atom is -0.488 e. The highest BCUT2D eigenvalue weighted by molar-refractivity contribution is 7.10. The quantitative estimate of drug-likeness (QED) is 0.418. The van der Waals surface area contributed by atoms with Crippen LogP contribution in [0.2, 0.25) is 5.15 Å². The summed E-state index contributed by atoms with van der Waals surface area (Å²) in [5.74, 6) is -0.231. The van der Waals surface area contributed by atoms with Gasteiger partial charge in [-0.2, -0.15) is 17.5 Å². The first-order chi connectivity index (χ1) is 14.6. The SMILES string of the molecule is Cc1c(CCC(=O)O)ccc(OCc2c(Cl)nsc2-c2ccc(C(F)(F)F)cc2)c1C. The Hall–Kier alpha value is -2.58. The summed E-state index contributed by atoms with van der Waals surface area (Å²) in [6.45, 7) is 3.89. The van der Waals surface area contributed by atoms with Gasteiger partial charge in [-0.15, -0.1) is 0 Å². The summed E-state index contributed by atoms with van der Waals surface area (Å²) in [4.78, 5) is 11.5. The molecule has 0 saturated carbocycles. The molecule has 1 N–H and O–H groups in total. The number of carbonyl (C=O) groups is 1. The summed E-state index contributed by atoms with van der Waals surface area (Å²) >= 11 is 7.31. The van der Waals surface area contributed by atoms with Crippen molar-refractivity contribution in [1.82, 2.24) is 4.37 Å². The molecule has 0 aliphatic heterocycles. The predicted molar refractivity (Wildman–Crippen MR) is 114 cm³/mol. The van der Waals surface area contributed by atoms with Crippen LogP contribution in [0.1, 0.15) is 34.2 Å². The summed E-state index contributed by atoms with van der Waals surface area (Å²) in [6.07, 6.45) is -3.92. The molecule has 0 amide bonds. The number of alkyl halides is 3. The molecular weight excluding hydrogens is 451 g/mol. The monoisotopic (exact) mass is 469 g/mol. The summed E-state index contributed by atoms with van der Waals surface area (Å²) in [5.41, 5.74) is 3.23. The van der Waals surface area contributed by atoms with Crippen molar-refractivity contribution in [2.24, 2.45) is 0 Å². The molecular formula is C22H19ClF3NO3S. The smallest absolute Gasteiger partial charge is 0.416 e. The van der Waals surface area contributed by atoms with Crippen LogP contribution in [0.25, 0.3) is 10.4 Å². The highest BCUT2D eigenvalue weighted by atomic mass is 35.5. The largest absolute Gasteiger partial charge is 0.488 e. The zero-order chi connectivity index (χ0) is 22.8. The Bertz CT molecular complexity index is 1090. The number of rotatable bonds is 7. The normalized spacial score (nSPS) is 11.5. The molecule has 1 aromatic heterocycles. The molecule has 0 fully saturated rings. The highest BCUT2D eigenvalue weighted by Crippen LogP contribution is 2.36. The van der Waals surface area contributed by atoms with Gasteiger partial charge < -0.3 is 9.84 Å². The van der Waals surface area contributed by atoms with Gasteiger partial charge in [0.2, 0.25) is 0 Å². The molecule has 0 aliphatic carbocycles. The van der Waals surface area contributed by atoms with Gasteiger partial charge in [0.05, 0.1) is 10.4 Å². The summed E-state index contributed by atoms with van der Waals surface area (Å²) in [6, 6.07) is 8.45. The van der Waals surface area contributed by atoms with E-state index in [1.165, 1.54) is 12.1 Å². The third kappa shape index (κ3) is 5.37. The lowest BCUT2D eigenvalue weighted by Crippen LogP contribution is -2.04. The van der Waals surface area contributed by atoms with Crippen LogP contribution in [-0.2, 0) is 24.0 Å². The van der Waals surface area contributed by atoms with Gasteiger partial charge >= 0.3 is 12.1 Å². The number of halogens is 4. The first-order valence-corrected chi connectivity index (χ1v) is 10.5. The second-order valence-electron chi connectivity index (χ2n) is 7.01. The average Bonchev–Trinajstić information content (AvgIpc) is 3.08. The number of carboxylic acids is 1. The van der Waals surface area contributed by atoms with Crippen LogP contribution in [0.4, 0.5) is 13.2 Å². The van der Waals surface area contributed by atoms with Crippen molar-refractivity contribution in [3.05, 3.63) is 69.4 Å². The van der Waals surface area contributed by atoms with Crippen LogP contribution >= 0.6 is 23.1 Å². The van der Waals surface area contributed by atoms with Gasteiger partial charge in [-0.3, -0.25) is 4.79 Å². The summed E-state index contributed by atoms with van der Waals surface area (Å²) in [7, 11) is 0.